The summed E-state index contributed by atoms with van der Waals surface area (Å²) in [5, 5.41) is 0. The minimum Gasteiger partial charge on any atom is -0.281 e. The Hall–Kier alpha value is 0.440. The van der Waals surface area contributed by atoms with Crippen molar-refractivity contribution in [2.45, 2.75) is 5.84 Å². The molecule has 4 heteroatoms. The molecule has 0 spiro atoms. The second kappa shape index (κ2) is 2.67. The van der Waals surface area contributed by atoms with Gasteiger partial charge in [0.05, 0.1) is 15.7 Å². The van der Waals surface area contributed by atoms with Crippen molar-refractivity contribution in [1.82, 2.24) is 4.72 Å². The highest BCUT2D eigenvalue weighted by Gasteiger charge is 1.78. The van der Waals surface area contributed by atoms with E-state index < -0.39 is 5.84 Å². The minimum absolute atomic E-state index is 0.502. The van der Waals surface area contributed by atoms with Crippen LogP contribution in [0.5, 0.6) is 0 Å². The topological polar surface area (TPSA) is 12.0 Å². The highest BCUT2D eigenvalue weighted by Crippen LogP contribution is 1.60. The van der Waals surface area contributed by atoms with Crippen LogP contribution in [0, 0.1) is 0 Å². The summed E-state index contributed by atoms with van der Waals surface area (Å²) < 4.78 is 2.28. The molecule has 0 rings (SSSR count). The van der Waals surface area contributed by atoms with Crippen molar-refractivity contribution in [3.63, 3.8) is 0 Å². The van der Waals surface area contributed by atoms with E-state index in [4.69, 9.17) is 15.7 Å². The zero-order valence-corrected chi connectivity index (χ0v) is 3.57. The molecule has 0 aliphatic heterocycles. The van der Waals surface area contributed by atoms with E-state index in [1.165, 1.54) is 0 Å². The van der Waals surface area contributed by atoms with E-state index in [9.17, 15) is 0 Å². The molecule has 0 saturated carbocycles. The monoisotopic (exact) mass is 83.0 g/mol. The zero-order chi connectivity index (χ0) is 4.28. The number of thiol groups is 1. The molecule has 0 atom stereocenters. The first kappa shape index (κ1) is 5.44. The van der Waals surface area contributed by atoms with E-state index in [1.807, 2.05) is 0 Å². The normalized spacial score (nSPS) is 9.20. The number of rotatable bonds is 1. The third-order valence-corrected chi connectivity index (χ3v) is 0.447. The summed E-state index contributed by atoms with van der Waals surface area (Å²) >= 11 is 3.52. The van der Waals surface area contributed by atoms with Gasteiger partial charge in [-0.15, -0.1) is 12.8 Å². The summed E-state index contributed by atoms with van der Waals surface area (Å²) in [5.74, 6) is -0.502. The van der Waals surface area contributed by atoms with Gasteiger partial charge in [-0.3, -0.25) is 4.72 Å². The van der Waals surface area contributed by atoms with Gasteiger partial charge in [0.15, 0.2) is 0 Å². The van der Waals surface area contributed by atoms with Crippen molar-refractivity contribution < 1.29 is 0 Å². The SMILES string of the molecule is [B]C([B])NS. The molecule has 0 aromatic rings. The van der Waals surface area contributed by atoms with Crippen LogP contribution in [0.4, 0.5) is 0 Å². The van der Waals surface area contributed by atoms with E-state index in [1.54, 1.807) is 0 Å². The first-order chi connectivity index (χ1) is 2.27. The highest BCUT2D eigenvalue weighted by molar-refractivity contribution is 7.78. The Kier molecular flexibility index (Phi) is 2.90. The molecule has 5 heavy (non-hydrogen) atoms. The Labute approximate surface area is 39.9 Å². The van der Waals surface area contributed by atoms with E-state index in [-0.39, 0.29) is 0 Å². The van der Waals surface area contributed by atoms with Crippen molar-refractivity contribution >= 4 is 28.5 Å². The Morgan fingerprint density at radius 2 is 1.80 bits per heavy atom. The molecule has 0 saturated heterocycles. The van der Waals surface area contributed by atoms with Gasteiger partial charge in [0.2, 0.25) is 0 Å². The molecule has 0 amide bonds. The fraction of sp³-hybridized carbons (Fsp3) is 1.00. The van der Waals surface area contributed by atoms with E-state index in [0.29, 0.717) is 0 Å². The molecule has 0 aliphatic rings. The van der Waals surface area contributed by atoms with Gasteiger partial charge < -0.3 is 0 Å². The van der Waals surface area contributed by atoms with Crippen LogP contribution in [-0.2, 0) is 0 Å². The fourth-order valence-electron chi connectivity index (χ4n) is 0. The van der Waals surface area contributed by atoms with Gasteiger partial charge in [-0.25, -0.2) is 0 Å². The lowest BCUT2D eigenvalue weighted by Gasteiger charge is -1.94. The molecule has 1 N–H and O–H groups in total. The Morgan fingerprint density at radius 1 is 1.60 bits per heavy atom. The van der Waals surface area contributed by atoms with Crippen LogP contribution in [0.2, 0.25) is 0 Å². The molecule has 0 fully saturated rings. The average molecular weight is 82.7 g/mol. The Balaban J connectivity index is 2.54. The molecule has 0 aromatic heterocycles. The van der Waals surface area contributed by atoms with E-state index in [0.717, 1.165) is 0 Å². The molecule has 0 unspecified atom stereocenters. The van der Waals surface area contributed by atoms with Crippen molar-refractivity contribution in [1.29, 1.82) is 0 Å². The van der Waals surface area contributed by atoms with Gasteiger partial charge in [0.1, 0.15) is 0 Å². The third-order valence-electron chi connectivity index (χ3n) is 0.149. The molecular formula is CH3B2NS. The molecule has 0 aromatic carbocycles. The van der Waals surface area contributed by atoms with Crippen molar-refractivity contribution in [3.05, 3.63) is 0 Å². The summed E-state index contributed by atoms with van der Waals surface area (Å²) in [6, 6.07) is 0. The van der Waals surface area contributed by atoms with Crippen LogP contribution in [0.3, 0.4) is 0 Å². The largest absolute Gasteiger partial charge is 0.281 e. The second-order valence-electron chi connectivity index (χ2n) is 0.655. The van der Waals surface area contributed by atoms with Gasteiger partial charge >= 0.3 is 0 Å². The first-order valence-electron chi connectivity index (χ1n) is 1.18. The highest BCUT2D eigenvalue weighted by atomic mass is 32.1. The van der Waals surface area contributed by atoms with Crippen molar-refractivity contribution in [2.24, 2.45) is 0 Å². The van der Waals surface area contributed by atoms with Crippen LogP contribution >= 0.6 is 12.8 Å². The van der Waals surface area contributed by atoms with Gasteiger partial charge in [0.25, 0.3) is 0 Å². The van der Waals surface area contributed by atoms with Crippen LogP contribution in [-0.4, -0.2) is 21.5 Å². The molecule has 1 nitrogen and oxygen atoms in total. The summed E-state index contributed by atoms with van der Waals surface area (Å²) in [7, 11) is 9.76. The summed E-state index contributed by atoms with van der Waals surface area (Å²) in [6.45, 7) is 0. The second-order valence-corrected chi connectivity index (χ2v) is 0.913. The Morgan fingerprint density at radius 3 is 1.80 bits per heavy atom. The Bertz CT molecular complexity index is 23.6. The zero-order valence-electron chi connectivity index (χ0n) is 2.68. The van der Waals surface area contributed by atoms with Crippen molar-refractivity contribution in [2.75, 3.05) is 0 Å². The number of hydrogen-bond donors (Lipinski definition) is 2. The smallest absolute Gasteiger partial charge is 0.0787 e. The van der Waals surface area contributed by atoms with E-state index >= 15 is 0 Å². The quantitative estimate of drug-likeness (QED) is 0.307. The fourth-order valence-corrected chi connectivity index (χ4v) is 0. The lowest BCUT2D eigenvalue weighted by Crippen LogP contribution is -2.19. The third kappa shape index (κ3) is 4.44. The maximum atomic E-state index is 4.88. The first-order valence-corrected chi connectivity index (χ1v) is 1.63. The molecule has 0 bridgehead atoms. The molecule has 0 aliphatic carbocycles. The molecule has 4 radical (unpaired) electrons. The van der Waals surface area contributed by atoms with Crippen LogP contribution in [0.1, 0.15) is 0 Å². The molecule has 0 heterocycles. The van der Waals surface area contributed by atoms with Crippen molar-refractivity contribution in [3.8, 4) is 0 Å². The van der Waals surface area contributed by atoms with Crippen LogP contribution in [0.15, 0.2) is 0 Å². The number of nitrogens with one attached hydrogen (secondary N) is 1. The maximum absolute atomic E-state index is 4.88. The van der Waals surface area contributed by atoms with Gasteiger partial charge in [-0.1, -0.05) is 5.84 Å². The standard InChI is InChI=1S/CH3B2NS/c2-1(3)4-5/h1,4-5H. The van der Waals surface area contributed by atoms with Gasteiger partial charge in [-0.05, 0) is 0 Å². The maximum Gasteiger partial charge on any atom is 0.0787 e. The predicted molar refractivity (Wildman–Crippen MR) is 27.4 cm³/mol. The van der Waals surface area contributed by atoms with Crippen LogP contribution < -0.4 is 4.72 Å². The van der Waals surface area contributed by atoms with Gasteiger partial charge in [0, 0.05) is 0 Å². The lowest BCUT2D eigenvalue weighted by molar-refractivity contribution is 1.15. The minimum atomic E-state index is -0.502. The van der Waals surface area contributed by atoms with E-state index in [2.05, 4.69) is 17.5 Å². The molecular weight excluding hydrogens is 79.7 g/mol. The summed E-state index contributed by atoms with van der Waals surface area (Å²) in [4.78, 5) is 0. The van der Waals surface area contributed by atoms with Gasteiger partial charge in [-0.2, -0.15) is 0 Å². The summed E-state index contributed by atoms with van der Waals surface area (Å²) in [6.07, 6.45) is 0. The van der Waals surface area contributed by atoms with Crippen LogP contribution in [0.25, 0.3) is 0 Å². The average Bonchev–Trinajstić information content (AvgIpc) is 1.38. The number of hydrogen-bond acceptors (Lipinski definition) is 2. The lowest BCUT2D eigenvalue weighted by atomic mass is 9.80. The predicted octanol–water partition coefficient (Wildman–Crippen LogP) is -0.959. The summed E-state index contributed by atoms with van der Waals surface area (Å²) in [5.41, 5.74) is 0. The molecule has 24 valence electrons.